The fourth-order valence-electron chi connectivity index (χ4n) is 2.74. The minimum Gasteiger partial charge on any atom is -0.359 e. The molecule has 3 nitrogen and oxygen atoms in total. The van der Waals surface area contributed by atoms with Gasteiger partial charge in [0.05, 0.1) is 0 Å². The van der Waals surface area contributed by atoms with Crippen molar-refractivity contribution in [3.8, 4) is 0 Å². The zero-order chi connectivity index (χ0) is 12.4. The Kier molecular flexibility index (Phi) is 3.35. The van der Waals surface area contributed by atoms with Crippen molar-refractivity contribution >= 4 is 10.9 Å². The van der Waals surface area contributed by atoms with Crippen molar-refractivity contribution in [1.82, 2.24) is 15.2 Å². The molecular formula is C15H21N3. The Labute approximate surface area is 108 Å². The lowest BCUT2D eigenvalue weighted by molar-refractivity contribution is 0.284. The molecule has 2 aromatic rings. The monoisotopic (exact) mass is 243 g/mol. The highest BCUT2D eigenvalue weighted by Crippen LogP contribution is 2.18. The van der Waals surface area contributed by atoms with Crippen LogP contribution in [0.5, 0.6) is 0 Å². The number of hydrogen-bond donors (Lipinski definition) is 2. The van der Waals surface area contributed by atoms with E-state index in [0.29, 0.717) is 0 Å². The highest BCUT2D eigenvalue weighted by molar-refractivity contribution is 5.81. The molecule has 3 rings (SSSR count). The van der Waals surface area contributed by atoms with Gasteiger partial charge in [0.1, 0.15) is 0 Å². The lowest BCUT2D eigenvalue weighted by Crippen LogP contribution is -2.27. The van der Waals surface area contributed by atoms with Gasteiger partial charge < -0.3 is 10.3 Å². The van der Waals surface area contributed by atoms with Crippen LogP contribution < -0.4 is 5.32 Å². The molecule has 0 aliphatic carbocycles. The van der Waals surface area contributed by atoms with Gasteiger partial charge in [-0.05, 0) is 55.6 Å². The summed E-state index contributed by atoms with van der Waals surface area (Å²) in [6.07, 6.45) is 1.26. The van der Waals surface area contributed by atoms with Crippen molar-refractivity contribution in [3.05, 3.63) is 35.5 Å². The summed E-state index contributed by atoms with van der Waals surface area (Å²) in [7, 11) is 0. The molecule has 3 heteroatoms. The average molecular weight is 243 g/mol. The van der Waals surface area contributed by atoms with Gasteiger partial charge in [0.25, 0.3) is 0 Å². The zero-order valence-electron chi connectivity index (χ0n) is 11.0. The van der Waals surface area contributed by atoms with E-state index in [-0.39, 0.29) is 0 Å². The van der Waals surface area contributed by atoms with Gasteiger partial charge in [-0.3, -0.25) is 4.90 Å². The van der Waals surface area contributed by atoms with Crippen molar-refractivity contribution in [3.63, 3.8) is 0 Å². The minimum absolute atomic E-state index is 1.07. The number of nitrogens with zero attached hydrogens (tertiary/aromatic N) is 1. The molecule has 1 aliphatic heterocycles. The Bertz CT molecular complexity index is 522. The summed E-state index contributed by atoms with van der Waals surface area (Å²) in [5.41, 5.74) is 3.90. The van der Waals surface area contributed by atoms with Gasteiger partial charge in [-0.15, -0.1) is 0 Å². The predicted octanol–water partition coefficient (Wildman–Crippen LogP) is 2.27. The van der Waals surface area contributed by atoms with Crippen LogP contribution in [0.15, 0.2) is 24.3 Å². The molecule has 0 radical (unpaired) electrons. The minimum atomic E-state index is 1.07. The fraction of sp³-hybridized carbons (Fsp3) is 0.467. The maximum absolute atomic E-state index is 3.45. The molecule has 18 heavy (non-hydrogen) atoms. The summed E-state index contributed by atoms with van der Waals surface area (Å²) in [5, 5.41) is 4.78. The number of aromatic nitrogens is 1. The maximum atomic E-state index is 3.45. The van der Waals surface area contributed by atoms with Crippen molar-refractivity contribution in [1.29, 1.82) is 0 Å². The molecule has 2 N–H and O–H groups in total. The molecule has 1 fully saturated rings. The molecule has 0 bridgehead atoms. The van der Waals surface area contributed by atoms with E-state index in [1.165, 1.54) is 35.1 Å². The van der Waals surface area contributed by atoms with Crippen LogP contribution in [0.3, 0.4) is 0 Å². The smallest absolute Gasteiger partial charge is 0.0456 e. The summed E-state index contributed by atoms with van der Waals surface area (Å²) in [4.78, 5) is 5.92. The maximum Gasteiger partial charge on any atom is 0.0456 e. The van der Waals surface area contributed by atoms with E-state index in [0.717, 1.165) is 26.2 Å². The second-order valence-corrected chi connectivity index (χ2v) is 5.25. The number of fused-ring (bicyclic) bond motifs is 1. The van der Waals surface area contributed by atoms with Crippen molar-refractivity contribution in [2.24, 2.45) is 0 Å². The Morgan fingerprint density at radius 3 is 3.06 bits per heavy atom. The third kappa shape index (κ3) is 2.57. The van der Waals surface area contributed by atoms with Gasteiger partial charge in [0.2, 0.25) is 0 Å². The first-order chi connectivity index (χ1) is 8.81. The number of aryl methyl sites for hydroxylation is 1. The van der Waals surface area contributed by atoms with Gasteiger partial charge in [0.15, 0.2) is 0 Å². The Morgan fingerprint density at radius 1 is 1.17 bits per heavy atom. The van der Waals surface area contributed by atoms with Gasteiger partial charge in [-0.25, -0.2) is 0 Å². The summed E-state index contributed by atoms with van der Waals surface area (Å²) in [5.74, 6) is 0. The van der Waals surface area contributed by atoms with Gasteiger partial charge >= 0.3 is 0 Å². The second kappa shape index (κ2) is 5.12. The van der Waals surface area contributed by atoms with Crippen LogP contribution in [0.4, 0.5) is 0 Å². The number of nitrogens with one attached hydrogen (secondary N) is 2. The Balaban J connectivity index is 1.76. The standard InChI is InChI=1S/C15H21N3/c1-12-9-14-10-13(3-4-15(14)17-12)11-18-7-2-5-16-6-8-18/h3-4,9-10,16-17H,2,5-8,11H2,1H3. The fourth-order valence-corrected chi connectivity index (χ4v) is 2.74. The molecule has 1 saturated heterocycles. The third-order valence-corrected chi connectivity index (χ3v) is 3.66. The molecule has 1 aromatic heterocycles. The van der Waals surface area contributed by atoms with Crippen molar-refractivity contribution in [2.75, 3.05) is 26.2 Å². The van der Waals surface area contributed by atoms with Crippen LogP contribution >= 0.6 is 0 Å². The number of hydrogen-bond acceptors (Lipinski definition) is 2. The van der Waals surface area contributed by atoms with Crippen LogP contribution in [0.25, 0.3) is 10.9 Å². The largest absolute Gasteiger partial charge is 0.359 e. The lowest BCUT2D eigenvalue weighted by Gasteiger charge is -2.19. The molecule has 0 unspecified atom stereocenters. The van der Waals surface area contributed by atoms with Gasteiger partial charge in [0, 0.05) is 30.8 Å². The average Bonchev–Trinajstić information content (AvgIpc) is 2.56. The summed E-state index contributed by atoms with van der Waals surface area (Å²) >= 11 is 0. The quantitative estimate of drug-likeness (QED) is 0.848. The molecule has 1 aliphatic rings. The molecule has 1 aromatic carbocycles. The Morgan fingerprint density at radius 2 is 2.11 bits per heavy atom. The highest BCUT2D eigenvalue weighted by atomic mass is 15.1. The summed E-state index contributed by atoms with van der Waals surface area (Å²) < 4.78 is 0. The first kappa shape index (κ1) is 11.8. The zero-order valence-corrected chi connectivity index (χ0v) is 11.0. The third-order valence-electron chi connectivity index (χ3n) is 3.66. The van der Waals surface area contributed by atoms with E-state index >= 15 is 0 Å². The molecular weight excluding hydrogens is 222 g/mol. The lowest BCUT2D eigenvalue weighted by atomic mass is 10.1. The van der Waals surface area contributed by atoms with E-state index in [1.54, 1.807) is 0 Å². The number of H-pyrrole nitrogens is 1. The molecule has 0 spiro atoms. The van der Waals surface area contributed by atoms with E-state index in [2.05, 4.69) is 46.4 Å². The summed E-state index contributed by atoms with van der Waals surface area (Å²) in [6, 6.07) is 8.99. The normalized spacial score (nSPS) is 18.1. The topological polar surface area (TPSA) is 31.1 Å². The second-order valence-electron chi connectivity index (χ2n) is 5.25. The van der Waals surface area contributed by atoms with E-state index in [9.17, 15) is 0 Å². The summed E-state index contributed by atoms with van der Waals surface area (Å²) in [6.45, 7) is 7.82. The van der Waals surface area contributed by atoms with Crippen molar-refractivity contribution < 1.29 is 0 Å². The Hall–Kier alpha value is -1.32. The van der Waals surface area contributed by atoms with Gasteiger partial charge in [-0.2, -0.15) is 0 Å². The SMILES string of the molecule is Cc1cc2cc(CN3CCCNCC3)ccc2[nH]1. The number of rotatable bonds is 2. The van der Waals surface area contributed by atoms with Crippen LogP contribution in [-0.2, 0) is 6.54 Å². The molecule has 0 atom stereocenters. The molecule has 2 heterocycles. The van der Waals surface area contributed by atoms with E-state index in [4.69, 9.17) is 0 Å². The number of benzene rings is 1. The van der Waals surface area contributed by atoms with Crippen LogP contribution in [-0.4, -0.2) is 36.1 Å². The first-order valence-corrected chi connectivity index (χ1v) is 6.82. The highest BCUT2D eigenvalue weighted by Gasteiger charge is 2.09. The van der Waals surface area contributed by atoms with Gasteiger partial charge in [-0.1, -0.05) is 6.07 Å². The number of aromatic amines is 1. The predicted molar refractivity (Wildman–Crippen MR) is 75.8 cm³/mol. The van der Waals surface area contributed by atoms with Crippen LogP contribution in [0, 0.1) is 6.92 Å². The van der Waals surface area contributed by atoms with Crippen molar-refractivity contribution in [2.45, 2.75) is 19.9 Å². The first-order valence-electron chi connectivity index (χ1n) is 6.82. The van der Waals surface area contributed by atoms with E-state index < -0.39 is 0 Å². The van der Waals surface area contributed by atoms with Crippen LogP contribution in [0.2, 0.25) is 0 Å². The molecule has 0 amide bonds. The van der Waals surface area contributed by atoms with E-state index in [1.807, 2.05) is 0 Å². The molecule has 96 valence electrons. The molecule has 0 saturated carbocycles. The van der Waals surface area contributed by atoms with Crippen LogP contribution in [0.1, 0.15) is 17.7 Å².